The second-order valence-electron chi connectivity index (χ2n) is 4.50. The van der Waals surface area contributed by atoms with Crippen LogP contribution in [-0.4, -0.2) is 12.1 Å². The Hall–Kier alpha value is -1.87. The van der Waals surface area contributed by atoms with Gasteiger partial charge < -0.3 is 10.5 Å². The predicted octanol–water partition coefficient (Wildman–Crippen LogP) is 2.76. The Kier molecular flexibility index (Phi) is 3.63. The van der Waals surface area contributed by atoms with Crippen molar-refractivity contribution in [3.05, 3.63) is 58.9 Å². The highest BCUT2D eigenvalue weighted by molar-refractivity contribution is 5.40. The molecule has 1 atom stereocenters. The maximum atomic E-state index is 6.30. The fourth-order valence-electron chi connectivity index (χ4n) is 2.05. The number of pyridine rings is 1. The third-order valence-electron chi connectivity index (χ3n) is 3.07. The van der Waals surface area contributed by atoms with E-state index in [0.717, 1.165) is 28.0 Å². The molecule has 3 heteroatoms. The minimum atomic E-state index is -0.150. The zero-order valence-electron chi connectivity index (χ0n) is 11.0. The normalized spacial score (nSPS) is 12.2. The molecule has 1 heterocycles. The predicted molar refractivity (Wildman–Crippen MR) is 72.7 cm³/mol. The van der Waals surface area contributed by atoms with E-state index in [-0.39, 0.29) is 6.04 Å². The molecule has 0 saturated carbocycles. The fraction of sp³-hybridized carbons (Fsp3) is 0.267. The summed E-state index contributed by atoms with van der Waals surface area (Å²) < 4.78 is 5.20. The number of nitrogens with two attached hydrogens (primary N) is 1. The number of aryl methyl sites for hydroxylation is 2. The van der Waals surface area contributed by atoms with Crippen LogP contribution in [0.5, 0.6) is 5.75 Å². The zero-order valence-corrected chi connectivity index (χ0v) is 11.0. The second-order valence-corrected chi connectivity index (χ2v) is 4.50. The monoisotopic (exact) mass is 242 g/mol. The maximum absolute atomic E-state index is 6.30. The molecule has 2 aromatic rings. The van der Waals surface area contributed by atoms with Crippen molar-refractivity contribution in [3.8, 4) is 5.75 Å². The van der Waals surface area contributed by atoms with E-state index < -0.39 is 0 Å². The lowest BCUT2D eigenvalue weighted by atomic mass is 9.96. The van der Waals surface area contributed by atoms with E-state index in [1.54, 1.807) is 7.11 Å². The van der Waals surface area contributed by atoms with Gasteiger partial charge in [0.2, 0.25) is 0 Å². The van der Waals surface area contributed by atoms with Gasteiger partial charge in [-0.15, -0.1) is 0 Å². The summed E-state index contributed by atoms with van der Waals surface area (Å²) >= 11 is 0. The Labute approximate surface area is 108 Å². The molecule has 0 aliphatic heterocycles. The average molecular weight is 242 g/mol. The number of ether oxygens (including phenoxy) is 1. The van der Waals surface area contributed by atoms with Crippen molar-refractivity contribution in [1.82, 2.24) is 4.98 Å². The molecule has 1 aromatic heterocycles. The first-order valence-electron chi connectivity index (χ1n) is 5.93. The summed E-state index contributed by atoms with van der Waals surface area (Å²) in [5, 5.41) is 0. The molecular weight excluding hydrogens is 224 g/mol. The number of benzene rings is 1. The standard InChI is InChI=1S/C15H18N2O/c1-10-6-12(9-17-8-10)15(16)14-5-4-13(18-3)7-11(14)2/h4-9,15H,16H2,1-3H3. The van der Waals surface area contributed by atoms with Crippen LogP contribution in [0.2, 0.25) is 0 Å². The maximum Gasteiger partial charge on any atom is 0.119 e. The van der Waals surface area contributed by atoms with Crippen LogP contribution in [0.3, 0.4) is 0 Å². The van der Waals surface area contributed by atoms with Crippen molar-refractivity contribution in [3.63, 3.8) is 0 Å². The van der Waals surface area contributed by atoms with Gasteiger partial charge in [-0.2, -0.15) is 0 Å². The smallest absolute Gasteiger partial charge is 0.119 e. The molecule has 1 aromatic carbocycles. The number of aromatic nitrogens is 1. The summed E-state index contributed by atoms with van der Waals surface area (Å²) in [6, 6.07) is 7.87. The Morgan fingerprint density at radius 1 is 1.17 bits per heavy atom. The van der Waals surface area contributed by atoms with E-state index in [0.29, 0.717) is 0 Å². The van der Waals surface area contributed by atoms with Crippen LogP contribution >= 0.6 is 0 Å². The highest BCUT2D eigenvalue weighted by Gasteiger charge is 2.12. The molecule has 0 amide bonds. The van der Waals surface area contributed by atoms with E-state index in [4.69, 9.17) is 10.5 Å². The summed E-state index contributed by atoms with van der Waals surface area (Å²) in [7, 11) is 1.67. The second kappa shape index (κ2) is 5.19. The van der Waals surface area contributed by atoms with Crippen molar-refractivity contribution in [1.29, 1.82) is 0 Å². The third kappa shape index (κ3) is 2.51. The lowest BCUT2D eigenvalue weighted by Gasteiger charge is -2.16. The molecule has 2 rings (SSSR count). The molecule has 0 aliphatic rings. The first-order valence-corrected chi connectivity index (χ1v) is 5.93. The van der Waals surface area contributed by atoms with Crippen LogP contribution in [0.25, 0.3) is 0 Å². The zero-order chi connectivity index (χ0) is 13.1. The summed E-state index contributed by atoms with van der Waals surface area (Å²) in [5.41, 5.74) is 10.7. The summed E-state index contributed by atoms with van der Waals surface area (Å²) in [6.45, 7) is 4.06. The van der Waals surface area contributed by atoms with E-state index in [1.807, 2.05) is 44.4 Å². The van der Waals surface area contributed by atoms with Gasteiger partial charge in [-0.05, 0) is 48.2 Å². The molecule has 0 bridgehead atoms. The highest BCUT2D eigenvalue weighted by atomic mass is 16.5. The Morgan fingerprint density at radius 3 is 2.56 bits per heavy atom. The lowest BCUT2D eigenvalue weighted by molar-refractivity contribution is 0.414. The van der Waals surface area contributed by atoms with E-state index in [9.17, 15) is 0 Å². The van der Waals surface area contributed by atoms with Crippen molar-refractivity contribution in [2.24, 2.45) is 5.73 Å². The van der Waals surface area contributed by atoms with Gasteiger partial charge in [0, 0.05) is 12.4 Å². The highest BCUT2D eigenvalue weighted by Crippen LogP contribution is 2.25. The van der Waals surface area contributed by atoms with Gasteiger partial charge in [-0.25, -0.2) is 0 Å². The SMILES string of the molecule is COc1ccc(C(N)c2cncc(C)c2)c(C)c1. The van der Waals surface area contributed by atoms with Gasteiger partial charge in [0.15, 0.2) is 0 Å². The molecule has 0 radical (unpaired) electrons. The molecular formula is C15H18N2O. The Morgan fingerprint density at radius 2 is 1.94 bits per heavy atom. The van der Waals surface area contributed by atoms with Crippen molar-refractivity contribution < 1.29 is 4.74 Å². The van der Waals surface area contributed by atoms with Crippen LogP contribution in [-0.2, 0) is 0 Å². The summed E-state index contributed by atoms with van der Waals surface area (Å²) in [5.74, 6) is 0.853. The fourth-order valence-corrected chi connectivity index (χ4v) is 2.05. The van der Waals surface area contributed by atoms with Gasteiger partial charge >= 0.3 is 0 Å². The molecule has 18 heavy (non-hydrogen) atoms. The first-order chi connectivity index (χ1) is 8.61. The Balaban J connectivity index is 2.37. The molecule has 0 fully saturated rings. The number of methoxy groups -OCH3 is 1. The van der Waals surface area contributed by atoms with Gasteiger partial charge in [0.05, 0.1) is 13.2 Å². The topological polar surface area (TPSA) is 48.1 Å². The molecule has 2 N–H and O–H groups in total. The van der Waals surface area contributed by atoms with Crippen LogP contribution in [0.1, 0.15) is 28.3 Å². The van der Waals surface area contributed by atoms with Crippen LogP contribution in [0.4, 0.5) is 0 Å². The van der Waals surface area contributed by atoms with Crippen LogP contribution in [0, 0.1) is 13.8 Å². The number of hydrogen-bond donors (Lipinski definition) is 1. The largest absolute Gasteiger partial charge is 0.497 e. The minimum Gasteiger partial charge on any atom is -0.497 e. The van der Waals surface area contributed by atoms with Gasteiger partial charge in [0.25, 0.3) is 0 Å². The van der Waals surface area contributed by atoms with Gasteiger partial charge in [-0.3, -0.25) is 4.98 Å². The molecule has 0 aliphatic carbocycles. The molecule has 0 saturated heterocycles. The summed E-state index contributed by atoms with van der Waals surface area (Å²) in [4.78, 5) is 4.19. The van der Waals surface area contributed by atoms with E-state index in [2.05, 4.69) is 11.1 Å². The molecule has 1 unspecified atom stereocenters. The van der Waals surface area contributed by atoms with Crippen LogP contribution < -0.4 is 10.5 Å². The van der Waals surface area contributed by atoms with Crippen molar-refractivity contribution in [2.75, 3.05) is 7.11 Å². The number of rotatable bonds is 3. The minimum absolute atomic E-state index is 0.150. The van der Waals surface area contributed by atoms with Gasteiger partial charge in [0.1, 0.15) is 5.75 Å². The average Bonchev–Trinajstić information content (AvgIpc) is 2.37. The molecule has 94 valence electrons. The summed E-state index contributed by atoms with van der Waals surface area (Å²) in [6.07, 6.45) is 3.65. The van der Waals surface area contributed by atoms with E-state index in [1.165, 1.54) is 0 Å². The van der Waals surface area contributed by atoms with E-state index >= 15 is 0 Å². The number of nitrogens with zero attached hydrogens (tertiary/aromatic N) is 1. The molecule has 3 nitrogen and oxygen atoms in total. The third-order valence-corrected chi connectivity index (χ3v) is 3.07. The van der Waals surface area contributed by atoms with Gasteiger partial charge in [-0.1, -0.05) is 12.1 Å². The lowest BCUT2D eigenvalue weighted by Crippen LogP contribution is -2.13. The van der Waals surface area contributed by atoms with Crippen molar-refractivity contribution in [2.45, 2.75) is 19.9 Å². The van der Waals surface area contributed by atoms with Crippen molar-refractivity contribution >= 4 is 0 Å². The van der Waals surface area contributed by atoms with Crippen LogP contribution in [0.15, 0.2) is 36.7 Å². The Bertz CT molecular complexity index is 552. The molecule has 0 spiro atoms. The first kappa shape index (κ1) is 12.6. The number of hydrogen-bond acceptors (Lipinski definition) is 3. The quantitative estimate of drug-likeness (QED) is 0.900.